The Morgan fingerprint density at radius 2 is 2.33 bits per heavy atom. The maximum Gasteiger partial charge on any atom is 0.121 e. The fourth-order valence-corrected chi connectivity index (χ4v) is 2.27. The standard InChI is InChI=1S/C13H13N3OS/c1-9-7-16-13(18-9)8-15-12-5-11(17-2)4-3-10(12)6-14/h3-5,7,15H,8H2,1-2H3. The van der Waals surface area contributed by atoms with Gasteiger partial charge in [0.1, 0.15) is 16.8 Å². The molecular weight excluding hydrogens is 246 g/mol. The number of aromatic nitrogens is 1. The molecule has 0 unspecified atom stereocenters. The number of anilines is 1. The van der Waals surface area contributed by atoms with Crippen LogP contribution in [0.25, 0.3) is 0 Å². The molecule has 4 nitrogen and oxygen atoms in total. The van der Waals surface area contributed by atoms with Crippen molar-refractivity contribution in [2.75, 3.05) is 12.4 Å². The van der Waals surface area contributed by atoms with Crippen molar-refractivity contribution in [3.8, 4) is 11.8 Å². The lowest BCUT2D eigenvalue weighted by Crippen LogP contribution is -2.01. The number of nitrogens with one attached hydrogen (secondary N) is 1. The Bertz CT molecular complexity index is 586. The molecule has 0 amide bonds. The van der Waals surface area contributed by atoms with Gasteiger partial charge in [0.05, 0.1) is 24.9 Å². The number of hydrogen-bond acceptors (Lipinski definition) is 5. The van der Waals surface area contributed by atoms with E-state index in [1.807, 2.05) is 19.2 Å². The van der Waals surface area contributed by atoms with Crippen LogP contribution in [0.15, 0.2) is 24.4 Å². The van der Waals surface area contributed by atoms with Gasteiger partial charge in [-0.2, -0.15) is 5.26 Å². The van der Waals surface area contributed by atoms with Gasteiger partial charge in [-0.1, -0.05) is 0 Å². The molecule has 0 spiro atoms. The summed E-state index contributed by atoms with van der Waals surface area (Å²) in [5, 5.41) is 13.3. The van der Waals surface area contributed by atoms with Gasteiger partial charge < -0.3 is 10.1 Å². The van der Waals surface area contributed by atoms with E-state index in [4.69, 9.17) is 10.00 Å². The van der Waals surface area contributed by atoms with Crippen molar-refractivity contribution >= 4 is 17.0 Å². The first kappa shape index (κ1) is 12.4. The minimum absolute atomic E-state index is 0.601. The Morgan fingerprint density at radius 3 is 2.94 bits per heavy atom. The van der Waals surface area contributed by atoms with Crippen molar-refractivity contribution in [3.63, 3.8) is 0 Å². The Kier molecular flexibility index (Phi) is 3.80. The van der Waals surface area contributed by atoms with Gasteiger partial charge in [-0.25, -0.2) is 4.98 Å². The molecule has 0 saturated heterocycles. The number of ether oxygens (including phenoxy) is 1. The first-order chi connectivity index (χ1) is 8.72. The third-order valence-corrected chi connectivity index (χ3v) is 3.36. The van der Waals surface area contributed by atoms with Crippen LogP contribution < -0.4 is 10.1 Å². The van der Waals surface area contributed by atoms with E-state index in [0.717, 1.165) is 16.4 Å². The van der Waals surface area contributed by atoms with Crippen molar-refractivity contribution in [1.82, 2.24) is 4.98 Å². The average molecular weight is 259 g/mol. The monoisotopic (exact) mass is 259 g/mol. The molecule has 2 aromatic rings. The SMILES string of the molecule is COc1ccc(C#N)c(NCc2ncc(C)s2)c1. The summed E-state index contributed by atoms with van der Waals surface area (Å²) in [6.45, 7) is 2.63. The largest absolute Gasteiger partial charge is 0.497 e. The van der Waals surface area contributed by atoms with Gasteiger partial charge in [-0.15, -0.1) is 11.3 Å². The number of thiazole rings is 1. The van der Waals surface area contributed by atoms with Gasteiger partial charge in [0.15, 0.2) is 0 Å². The highest BCUT2D eigenvalue weighted by molar-refractivity contribution is 7.11. The first-order valence-electron chi connectivity index (χ1n) is 5.46. The van der Waals surface area contributed by atoms with Gasteiger partial charge in [-0.3, -0.25) is 0 Å². The predicted molar refractivity (Wildman–Crippen MR) is 71.9 cm³/mol. The van der Waals surface area contributed by atoms with E-state index in [-0.39, 0.29) is 0 Å². The summed E-state index contributed by atoms with van der Waals surface area (Å²) in [6.07, 6.45) is 1.85. The van der Waals surface area contributed by atoms with E-state index in [0.29, 0.717) is 12.1 Å². The van der Waals surface area contributed by atoms with Crippen molar-refractivity contribution < 1.29 is 4.74 Å². The molecule has 18 heavy (non-hydrogen) atoms. The Balaban J connectivity index is 2.15. The van der Waals surface area contributed by atoms with Crippen LogP contribution in [-0.2, 0) is 6.54 Å². The molecule has 0 fully saturated rings. The van der Waals surface area contributed by atoms with Crippen LogP contribution in [0.3, 0.4) is 0 Å². The topological polar surface area (TPSA) is 57.9 Å². The Morgan fingerprint density at radius 1 is 1.50 bits per heavy atom. The molecule has 1 N–H and O–H groups in total. The summed E-state index contributed by atoms with van der Waals surface area (Å²) < 4.78 is 5.15. The van der Waals surface area contributed by atoms with E-state index in [1.165, 1.54) is 4.88 Å². The second-order valence-corrected chi connectivity index (χ2v) is 5.06. The number of rotatable bonds is 4. The van der Waals surface area contributed by atoms with E-state index in [1.54, 1.807) is 30.6 Å². The molecule has 5 heteroatoms. The maximum absolute atomic E-state index is 9.04. The van der Waals surface area contributed by atoms with Crippen molar-refractivity contribution in [2.45, 2.75) is 13.5 Å². The number of benzene rings is 1. The molecule has 0 aliphatic carbocycles. The summed E-state index contributed by atoms with van der Waals surface area (Å²) in [4.78, 5) is 5.45. The fourth-order valence-electron chi connectivity index (χ4n) is 1.55. The van der Waals surface area contributed by atoms with Crippen LogP contribution >= 0.6 is 11.3 Å². The second-order valence-electron chi connectivity index (χ2n) is 3.74. The number of nitriles is 1. The van der Waals surface area contributed by atoms with Crippen LogP contribution in [0.5, 0.6) is 5.75 Å². The molecule has 0 saturated carbocycles. The van der Waals surface area contributed by atoms with Crippen LogP contribution in [0.1, 0.15) is 15.4 Å². The van der Waals surface area contributed by atoms with E-state index in [9.17, 15) is 0 Å². The average Bonchev–Trinajstić information content (AvgIpc) is 2.81. The molecule has 1 heterocycles. The van der Waals surface area contributed by atoms with Gasteiger partial charge in [0.25, 0.3) is 0 Å². The molecule has 1 aromatic carbocycles. The van der Waals surface area contributed by atoms with E-state index >= 15 is 0 Å². The third-order valence-electron chi connectivity index (χ3n) is 2.45. The van der Waals surface area contributed by atoms with Gasteiger partial charge >= 0.3 is 0 Å². The highest BCUT2D eigenvalue weighted by Gasteiger charge is 2.05. The molecule has 0 radical (unpaired) electrons. The highest BCUT2D eigenvalue weighted by Crippen LogP contribution is 2.23. The molecule has 0 aliphatic heterocycles. The molecule has 0 aliphatic rings. The van der Waals surface area contributed by atoms with Gasteiger partial charge in [-0.05, 0) is 19.1 Å². The zero-order chi connectivity index (χ0) is 13.0. The van der Waals surface area contributed by atoms with Crippen LogP contribution in [0.4, 0.5) is 5.69 Å². The lowest BCUT2D eigenvalue weighted by atomic mass is 10.2. The minimum Gasteiger partial charge on any atom is -0.497 e. The van der Waals surface area contributed by atoms with E-state index < -0.39 is 0 Å². The third kappa shape index (κ3) is 2.79. The summed E-state index contributed by atoms with van der Waals surface area (Å²) in [7, 11) is 1.61. The minimum atomic E-state index is 0.601. The van der Waals surface area contributed by atoms with Gasteiger partial charge in [0.2, 0.25) is 0 Å². The number of nitrogens with zero attached hydrogens (tertiary/aromatic N) is 2. The molecular formula is C13H13N3OS. The summed E-state index contributed by atoms with van der Waals surface area (Å²) in [6, 6.07) is 7.49. The number of aryl methyl sites for hydroxylation is 1. The number of hydrogen-bond donors (Lipinski definition) is 1. The van der Waals surface area contributed by atoms with Gasteiger partial charge in [0, 0.05) is 17.1 Å². The second kappa shape index (κ2) is 5.52. The Hall–Kier alpha value is -2.06. The van der Waals surface area contributed by atoms with Crippen molar-refractivity contribution in [2.24, 2.45) is 0 Å². The fraction of sp³-hybridized carbons (Fsp3) is 0.231. The number of methoxy groups -OCH3 is 1. The lowest BCUT2D eigenvalue weighted by Gasteiger charge is -2.08. The maximum atomic E-state index is 9.04. The summed E-state index contributed by atoms with van der Waals surface area (Å²) >= 11 is 1.64. The van der Waals surface area contributed by atoms with Crippen LogP contribution in [0, 0.1) is 18.3 Å². The van der Waals surface area contributed by atoms with E-state index in [2.05, 4.69) is 16.4 Å². The van der Waals surface area contributed by atoms with Crippen molar-refractivity contribution in [1.29, 1.82) is 5.26 Å². The normalized spacial score (nSPS) is 9.83. The molecule has 1 aromatic heterocycles. The molecule has 0 bridgehead atoms. The zero-order valence-corrected chi connectivity index (χ0v) is 11.0. The first-order valence-corrected chi connectivity index (χ1v) is 6.28. The lowest BCUT2D eigenvalue weighted by molar-refractivity contribution is 0.415. The molecule has 2 rings (SSSR count). The van der Waals surface area contributed by atoms with Crippen LogP contribution in [0.2, 0.25) is 0 Å². The smallest absolute Gasteiger partial charge is 0.121 e. The van der Waals surface area contributed by atoms with Crippen LogP contribution in [-0.4, -0.2) is 12.1 Å². The zero-order valence-electron chi connectivity index (χ0n) is 10.2. The predicted octanol–water partition coefficient (Wildman–Crippen LogP) is 2.94. The van der Waals surface area contributed by atoms with Crippen molar-refractivity contribution in [3.05, 3.63) is 39.8 Å². The Labute approximate surface area is 110 Å². The molecule has 92 valence electrons. The molecule has 0 atom stereocenters. The quantitative estimate of drug-likeness (QED) is 0.917. The summed E-state index contributed by atoms with van der Waals surface area (Å²) in [5.74, 6) is 0.729. The summed E-state index contributed by atoms with van der Waals surface area (Å²) in [5.41, 5.74) is 1.37. The highest BCUT2D eigenvalue weighted by atomic mass is 32.1.